The second-order valence-corrected chi connectivity index (χ2v) is 15.7. The van der Waals surface area contributed by atoms with Crippen molar-refractivity contribution in [1.82, 2.24) is 0 Å². The van der Waals surface area contributed by atoms with E-state index in [9.17, 15) is 10.2 Å². The molecular weight excluding hydrogens is 416 g/mol. The van der Waals surface area contributed by atoms with Gasteiger partial charge in [0.15, 0.2) is 0 Å². The van der Waals surface area contributed by atoms with Crippen molar-refractivity contribution >= 4 is 0 Å². The number of aliphatic hydroxyl groups excluding tert-OH is 1. The summed E-state index contributed by atoms with van der Waals surface area (Å²) in [4.78, 5) is 0. The molecule has 8 atom stereocenters. The minimum atomic E-state index is -0.378. The molecule has 0 spiro atoms. The summed E-state index contributed by atoms with van der Waals surface area (Å²) in [7, 11) is 0. The van der Waals surface area contributed by atoms with Gasteiger partial charge in [-0.2, -0.15) is 0 Å². The van der Waals surface area contributed by atoms with Gasteiger partial charge in [0.2, 0.25) is 0 Å². The van der Waals surface area contributed by atoms with E-state index < -0.39 is 0 Å². The van der Waals surface area contributed by atoms with Gasteiger partial charge in [0.25, 0.3) is 0 Å². The van der Waals surface area contributed by atoms with Crippen molar-refractivity contribution in [3.8, 4) is 0 Å². The molecule has 5 saturated carbocycles. The Balaban J connectivity index is 1.17. The normalized spacial score (nSPS) is 51.4. The third-order valence-electron chi connectivity index (χ3n) is 13.2. The molecular formula is C32H56O2. The second-order valence-electron chi connectivity index (χ2n) is 15.7. The number of hydrogen-bond acceptors (Lipinski definition) is 2. The predicted molar refractivity (Wildman–Crippen MR) is 141 cm³/mol. The van der Waals surface area contributed by atoms with Gasteiger partial charge in [0.1, 0.15) is 0 Å². The molecule has 0 bridgehead atoms. The lowest BCUT2D eigenvalue weighted by molar-refractivity contribution is -0.127. The van der Waals surface area contributed by atoms with Crippen LogP contribution in [-0.2, 0) is 0 Å². The molecule has 0 aromatic carbocycles. The molecule has 5 aliphatic rings. The highest BCUT2D eigenvalue weighted by Crippen LogP contribution is 2.68. The first kappa shape index (κ1) is 25.6. The quantitative estimate of drug-likeness (QED) is 0.433. The first-order chi connectivity index (χ1) is 15.9. The zero-order valence-electron chi connectivity index (χ0n) is 23.2. The van der Waals surface area contributed by atoms with Crippen molar-refractivity contribution in [3.63, 3.8) is 0 Å². The molecule has 196 valence electrons. The standard InChI is InChI=1S/C32H56O2/c1-29(2,3)22-12-19-32(34,20-13-22)16-6-7-23-9-11-27-26-10-8-24-21-25(33)14-17-31(24,5)28(26)15-18-30(23,27)4/h22-28,33-34H,6-21H2,1-5H3. The van der Waals surface area contributed by atoms with E-state index >= 15 is 0 Å². The number of fused-ring (bicyclic) bond motifs is 5. The Bertz CT molecular complexity index is 715. The Morgan fingerprint density at radius 3 is 2.15 bits per heavy atom. The SMILES string of the molecule is CC(C)(C)C1CCC(O)(CCCC2CCC3C4CCC5CC(O)CCC5(C)C4CCC23C)CC1. The molecule has 0 aromatic heterocycles. The molecule has 2 nitrogen and oxygen atoms in total. The second kappa shape index (κ2) is 9.04. The van der Waals surface area contributed by atoms with Gasteiger partial charge in [0, 0.05) is 0 Å². The van der Waals surface area contributed by atoms with Crippen LogP contribution >= 0.6 is 0 Å². The van der Waals surface area contributed by atoms with E-state index in [0.717, 1.165) is 67.6 Å². The van der Waals surface area contributed by atoms with Crippen LogP contribution in [-0.4, -0.2) is 21.9 Å². The Morgan fingerprint density at radius 2 is 1.44 bits per heavy atom. The highest BCUT2D eigenvalue weighted by atomic mass is 16.3. The van der Waals surface area contributed by atoms with E-state index in [4.69, 9.17) is 0 Å². The maximum atomic E-state index is 11.3. The lowest BCUT2D eigenvalue weighted by Gasteiger charge is -2.61. The fraction of sp³-hybridized carbons (Fsp3) is 1.00. The Morgan fingerprint density at radius 1 is 0.765 bits per heavy atom. The summed E-state index contributed by atoms with van der Waals surface area (Å²) in [5, 5.41) is 21.6. The first-order valence-corrected chi connectivity index (χ1v) is 15.4. The number of rotatable bonds is 4. The van der Waals surface area contributed by atoms with E-state index in [2.05, 4.69) is 34.6 Å². The lowest BCUT2D eigenvalue weighted by atomic mass is 9.44. The molecule has 5 fully saturated rings. The van der Waals surface area contributed by atoms with Gasteiger partial charge in [-0.15, -0.1) is 0 Å². The molecule has 2 heteroatoms. The van der Waals surface area contributed by atoms with Crippen molar-refractivity contribution < 1.29 is 10.2 Å². The summed E-state index contributed by atoms with van der Waals surface area (Å²) in [5.41, 5.74) is 1.06. The largest absolute Gasteiger partial charge is 0.393 e. The molecule has 0 heterocycles. The Kier molecular flexibility index (Phi) is 6.80. The molecule has 2 N–H and O–H groups in total. The van der Waals surface area contributed by atoms with Crippen LogP contribution in [0.25, 0.3) is 0 Å². The molecule has 5 rings (SSSR count). The lowest BCUT2D eigenvalue weighted by Crippen LogP contribution is -2.53. The molecule has 0 aromatic rings. The van der Waals surface area contributed by atoms with E-state index in [0.29, 0.717) is 16.2 Å². The van der Waals surface area contributed by atoms with Crippen molar-refractivity contribution in [2.45, 2.75) is 149 Å². The summed E-state index contributed by atoms with van der Waals surface area (Å²) in [6.45, 7) is 12.4. The topological polar surface area (TPSA) is 40.5 Å². The average Bonchev–Trinajstić information content (AvgIpc) is 3.10. The molecule has 0 radical (unpaired) electrons. The average molecular weight is 473 g/mol. The molecule has 34 heavy (non-hydrogen) atoms. The van der Waals surface area contributed by atoms with E-state index in [1.54, 1.807) is 0 Å². The van der Waals surface area contributed by atoms with Gasteiger partial charge in [0.05, 0.1) is 11.7 Å². The van der Waals surface area contributed by atoms with Crippen LogP contribution in [0.3, 0.4) is 0 Å². The van der Waals surface area contributed by atoms with Gasteiger partial charge in [-0.3, -0.25) is 0 Å². The van der Waals surface area contributed by atoms with E-state index in [-0.39, 0.29) is 11.7 Å². The summed E-state index contributed by atoms with van der Waals surface area (Å²) in [5.74, 6) is 5.22. The number of hydrogen-bond donors (Lipinski definition) is 2. The minimum Gasteiger partial charge on any atom is -0.393 e. The van der Waals surface area contributed by atoms with Crippen LogP contribution < -0.4 is 0 Å². The first-order valence-electron chi connectivity index (χ1n) is 15.4. The zero-order chi connectivity index (χ0) is 24.4. The summed E-state index contributed by atoms with van der Waals surface area (Å²) < 4.78 is 0. The van der Waals surface area contributed by atoms with E-state index in [1.807, 2.05) is 0 Å². The fourth-order valence-corrected chi connectivity index (χ4v) is 10.8. The maximum Gasteiger partial charge on any atom is 0.0648 e. The van der Waals surface area contributed by atoms with Gasteiger partial charge in [-0.1, -0.05) is 41.0 Å². The fourth-order valence-electron chi connectivity index (χ4n) is 10.8. The van der Waals surface area contributed by atoms with Gasteiger partial charge < -0.3 is 10.2 Å². The Labute approximate surface area is 211 Å². The van der Waals surface area contributed by atoms with Gasteiger partial charge in [-0.25, -0.2) is 0 Å². The van der Waals surface area contributed by atoms with E-state index in [1.165, 1.54) is 70.6 Å². The third kappa shape index (κ3) is 4.44. The molecule has 5 aliphatic carbocycles. The van der Waals surface area contributed by atoms with Gasteiger partial charge in [-0.05, 0) is 148 Å². The summed E-state index contributed by atoms with van der Waals surface area (Å²) in [6.07, 6.45) is 20.0. The highest BCUT2D eigenvalue weighted by Gasteiger charge is 2.59. The smallest absolute Gasteiger partial charge is 0.0648 e. The predicted octanol–water partition coefficient (Wildman–Crippen LogP) is 8.14. The Hall–Kier alpha value is -0.0800. The van der Waals surface area contributed by atoms with Crippen LogP contribution in [0, 0.1) is 51.8 Å². The molecule has 0 amide bonds. The van der Waals surface area contributed by atoms with Crippen molar-refractivity contribution in [3.05, 3.63) is 0 Å². The van der Waals surface area contributed by atoms with Crippen LogP contribution in [0.2, 0.25) is 0 Å². The third-order valence-corrected chi connectivity index (χ3v) is 13.2. The van der Waals surface area contributed by atoms with Crippen molar-refractivity contribution in [1.29, 1.82) is 0 Å². The van der Waals surface area contributed by atoms with Crippen molar-refractivity contribution in [2.75, 3.05) is 0 Å². The minimum absolute atomic E-state index is 0.0299. The van der Waals surface area contributed by atoms with Crippen LogP contribution in [0.5, 0.6) is 0 Å². The zero-order valence-corrected chi connectivity index (χ0v) is 23.2. The maximum absolute atomic E-state index is 11.3. The number of aliphatic hydroxyl groups is 2. The van der Waals surface area contributed by atoms with Crippen LogP contribution in [0.1, 0.15) is 137 Å². The highest BCUT2D eigenvalue weighted by molar-refractivity contribution is 5.09. The molecule has 8 unspecified atom stereocenters. The van der Waals surface area contributed by atoms with Crippen LogP contribution in [0.15, 0.2) is 0 Å². The molecule has 0 saturated heterocycles. The summed E-state index contributed by atoms with van der Waals surface area (Å²) >= 11 is 0. The van der Waals surface area contributed by atoms with Gasteiger partial charge >= 0.3 is 0 Å². The van der Waals surface area contributed by atoms with Crippen LogP contribution in [0.4, 0.5) is 0 Å². The molecule has 0 aliphatic heterocycles. The summed E-state index contributed by atoms with van der Waals surface area (Å²) in [6, 6.07) is 0. The monoisotopic (exact) mass is 472 g/mol. The van der Waals surface area contributed by atoms with Crippen molar-refractivity contribution in [2.24, 2.45) is 51.8 Å².